The van der Waals surface area contributed by atoms with E-state index in [2.05, 4.69) is 10.3 Å². The molecule has 1 N–H and O–H groups in total. The van der Waals surface area contributed by atoms with Crippen LogP contribution in [-0.2, 0) is 11.2 Å². The first-order chi connectivity index (χ1) is 9.52. The van der Waals surface area contributed by atoms with Crippen molar-refractivity contribution >= 4 is 17.6 Å². The predicted molar refractivity (Wildman–Crippen MR) is 73.6 cm³/mol. The van der Waals surface area contributed by atoms with Crippen molar-refractivity contribution < 1.29 is 14.6 Å². The summed E-state index contributed by atoms with van der Waals surface area (Å²) in [7, 11) is 1.55. The van der Waals surface area contributed by atoms with Gasteiger partial charge < -0.3 is 9.84 Å². The lowest BCUT2D eigenvalue weighted by Crippen LogP contribution is -2.01. The number of nitrogens with zero attached hydrogens (tertiary/aromatic N) is 3. The fraction of sp³-hybridized carbons (Fsp3) is 0.308. The number of carboxylic acid groups (broad SMARTS) is 1. The Kier molecular flexibility index (Phi) is 4.24. The summed E-state index contributed by atoms with van der Waals surface area (Å²) in [5, 5.41) is 17.2. The molecule has 0 bridgehead atoms. The minimum Gasteiger partial charge on any atom is -0.495 e. The Balaban J connectivity index is 2.29. The number of carboxylic acids is 1. The van der Waals surface area contributed by atoms with E-state index in [1.165, 1.54) is 0 Å². The molecule has 0 spiro atoms. The summed E-state index contributed by atoms with van der Waals surface area (Å²) < 4.78 is 6.72. The number of hydrogen-bond acceptors (Lipinski definition) is 4. The van der Waals surface area contributed by atoms with Crippen LogP contribution in [0.1, 0.15) is 17.8 Å². The molecule has 2 aromatic rings. The third-order valence-corrected chi connectivity index (χ3v) is 3.24. The predicted octanol–water partition coefficient (Wildman–Crippen LogP) is 2.25. The molecule has 0 aliphatic carbocycles. The number of aromatic nitrogens is 3. The van der Waals surface area contributed by atoms with Gasteiger partial charge in [0.25, 0.3) is 0 Å². The van der Waals surface area contributed by atoms with E-state index in [4.69, 9.17) is 21.4 Å². The molecule has 2 rings (SSSR count). The van der Waals surface area contributed by atoms with Crippen molar-refractivity contribution in [3.8, 4) is 11.4 Å². The van der Waals surface area contributed by atoms with Gasteiger partial charge in [-0.15, -0.1) is 5.10 Å². The quantitative estimate of drug-likeness (QED) is 0.915. The molecule has 0 fully saturated rings. The molecule has 1 heterocycles. The molecular weight excluding hydrogens is 282 g/mol. The van der Waals surface area contributed by atoms with Crippen LogP contribution < -0.4 is 4.74 Å². The maximum absolute atomic E-state index is 10.6. The molecule has 0 radical (unpaired) electrons. The highest BCUT2D eigenvalue weighted by Gasteiger charge is 2.12. The average molecular weight is 296 g/mol. The topological polar surface area (TPSA) is 77.2 Å². The van der Waals surface area contributed by atoms with Gasteiger partial charge in [0.2, 0.25) is 0 Å². The van der Waals surface area contributed by atoms with Crippen molar-refractivity contribution in [2.45, 2.75) is 19.8 Å². The number of carbonyl (C=O) groups is 1. The largest absolute Gasteiger partial charge is 0.495 e. The Morgan fingerprint density at radius 1 is 1.50 bits per heavy atom. The first-order valence-corrected chi connectivity index (χ1v) is 6.37. The van der Waals surface area contributed by atoms with Crippen molar-refractivity contribution in [1.82, 2.24) is 15.0 Å². The summed E-state index contributed by atoms with van der Waals surface area (Å²) in [5.41, 5.74) is 2.22. The third-order valence-electron chi connectivity index (χ3n) is 2.95. The molecule has 106 valence electrons. The van der Waals surface area contributed by atoms with Gasteiger partial charge in [0.15, 0.2) is 0 Å². The number of aliphatic carboxylic acids is 1. The van der Waals surface area contributed by atoms with E-state index >= 15 is 0 Å². The highest BCUT2D eigenvalue weighted by atomic mass is 35.5. The Morgan fingerprint density at radius 3 is 2.85 bits per heavy atom. The SMILES string of the molecule is COc1ccc(-n2nnc(CCC(=O)O)c2C)cc1Cl. The second-order valence-electron chi connectivity index (χ2n) is 4.25. The van der Waals surface area contributed by atoms with Gasteiger partial charge in [0, 0.05) is 6.42 Å². The second kappa shape index (κ2) is 5.92. The molecule has 0 aliphatic rings. The Labute approximate surface area is 120 Å². The highest BCUT2D eigenvalue weighted by Crippen LogP contribution is 2.27. The zero-order valence-corrected chi connectivity index (χ0v) is 11.9. The number of hydrogen-bond donors (Lipinski definition) is 1. The minimum absolute atomic E-state index is 0.0307. The van der Waals surface area contributed by atoms with Crippen LogP contribution in [-0.4, -0.2) is 33.2 Å². The van der Waals surface area contributed by atoms with E-state index in [0.717, 1.165) is 11.4 Å². The van der Waals surface area contributed by atoms with Gasteiger partial charge in [-0.2, -0.15) is 0 Å². The lowest BCUT2D eigenvalue weighted by atomic mass is 10.2. The maximum atomic E-state index is 10.6. The van der Waals surface area contributed by atoms with Gasteiger partial charge in [-0.25, -0.2) is 4.68 Å². The number of ether oxygens (including phenoxy) is 1. The van der Waals surface area contributed by atoms with Crippen LogP contribution >= 0.6 is 11.6 Å². The first-order valence-electron chi connectivity index (χ1n) is 6.00. The summed E-state index contributed by atoms with van der Waals surface area (Å²) in [5.74, 6) is -0.272. The van der Waals surface area contributed by atoms with Crippen LogP contribution in [0.15, 0.2) is 18.2 Å². The van der Waals surface area contributed by atoms with E-state index in [1.807, 2.05) is 13.0 Å². The van der Waals surface area contributed by atoms with Crippen molar-refractivity contribution in [1.29, 1.82) is 0 Å². The van der Waals surface area contributed by atoms with Gasteiger partial charge >= 0.3 is 5.97 Å². The molecule has 0 atom stereocenters. The summed E-state index contributed by atoms with van der Waals surface area (Å²) in [6, 6.07) is 5.28. The van der Waals surface area contributed by atoms with Crippen LogP contribution in [0.4, 0.5) is 0 Å². The smallest absolute Gasteiger partial charge is 0.303 e. The van der Waals surface area contributed by atoms with Gasteiger partial charge in [-0.3, -0.25) is 4.79 Å². The third kappa shape index (κ3) is 2.91. The number of rotatable bonds is 5. The minimum atomic E-state index is -0.855. The average Bonchev–Trinajstić information content (AvgIpc) is 2.77. The maximum Gasteiger partial charge on any atom is 0.303 e. The highest BCUT2D eigenvalue weighted by molar-refractivity contribution is 6.32. The molecule has 0 amide bonds. The molecular formula is C13H14ClN3O3. The molecule has 0 unspecified atom stereocenters. The molecule has 0 aliphatic heterocycles. The standard InChI is InChI=1S/C13H14ClN3O3/c1-8-11(4-6-13(18)19)15-16-17(8)9-3-5-12(20-2)10(14)7-9/h3,5,7H,4,6H2,1-2H3,(H,18,19). The molecule has 1 aromatic heterocycles. The van der Waals surface area contributed by atoms with Crippen LogP contribution in [0.2, 0.25) is 5.02 Å². The number of aryl methyl sites for hydroxylation is 1. The molecule has 0 saturated heterocycles. The van der Waals surface area contributed by atoms with E-state index in [9.17, 15) is 4.79 Å². The second-order valence-corrected chi connectivity index (χ2v) is 4.65. The van der Waals surface area contributed by atoms with Crippen LogP contribution in [0.25, 0.3) is 5.69 Å². The monoisotopic (exact) mass is 295 g/mol. The van der Waals surface area contributed by atoms with Gasteiger partial charge in [0.1, 0.15) is 5.75 Å². The van der Waals surface area contributed by atoms with Gasteiger partial charge in [0.05, 0.1) is 35.6 Å². The van der Waals surface area contributed by atoms with Crippen LogP contribution in [0, 0.1) is 6.92 Å². The molecule has 20 heavy (non-hydrogen) atoms. The van der Waals surface area contributed by atoms with Crippen molar-refractivity contribution in [3.05, 3.63) is 34.6 Å². The lowest BCUT2D eigenvalue weighted by molar-refractivity contribution is -0.136. The molecule has 7 heteroatoms. The zero-order valence-electron chi connectivity index (χ0n) is 11.1. The summed E-state index contributed by atoms with van der Waals surface area (Å²) >= 11 is 6.08. The molecule has 1 aromatic carbocycles. The number of benzene rings is 1. The zero-order chi connectivity index (χ0) is 14.7. The Hall–Kier alpha value is -2.08. The van der Waals surface area contributed by atoms with E-state index in [-0.39, 0.29) is 6.42 Å². The van der Waals surface area contributed by atoms with Gasteiger partial charge in [-0.1, -0.05) is 16.8 Å². The molecule has 6 nitrogen and oxygen atoms in total. The lowest BCUT2D eigenvalue weighted by Gasteiger charge is -2.07. The normalized spacial score (nSPS) is 10.6. The van der Waals surface area contributed by atoms with Crippen molar-refractivity contribution in [2.24, 2.45) is 0 Å². The van der Waals surface area contributed by atoms with Gasteiger partial charge in [-0.05, 0) is 25.1 Å². The molecule has 0 saturated carbocycles. The van der Waals surface area contributed by atoms with Crippen LogP contribution in [0.5, 0.6) is 5.75 Å². The first kappa shape index (κ1) is 14.3. The number of methoxy groups -OCH3 is 1. The van der Waals surface area contributed by atoms with E-state index in [0.29, 0.717) is 22.9 Å². The Bertz CT molecular complexity index is 640. The summed E-state index contributed by atoms with van der Waals surface area (Å²) in [6.07, 6.45) is 0.383. The summed E-state index contributed by atoms with van der Waals surface area (Å²) in [6.45, 7) is 1.84. The van der Waals surface area contributed by atoms with Crippen molar-refractivity contribution in [2.75, 3.05) is 7.11 Å². The van der Waals surface area contributed by atoms with Crippen LogP contribution in [0.3, 0.4) is 0 Å². The summed E-state index contributed by atoms with van der Waals surface area (Å²) in [4.78, 5) is 10.6. The van der Waals surface area contributed by atoms with Crippen molar-refractivity contribution in [3.63, 3.8) is 0 Å². The Morgan fingerprint density at radius 2 is 2.25 bits per heavy atom. The fourth-order valence-electron chi connectivity index (χ4n) is 1.85. The van der Waals surface area contributed by atoms with E-state index < -0.39 is 5.97 Å². The fourth-order valence-corrected chi connectivity index (χ4v) is 2.10. The number of halogens is 1. The van der Waals surface area contributed by atoms with E-state index in [1.54, 1.807) is 23.9 Å².